The molecule has 3 rings (SSSR count). The van der Waals surface area contributed by atoms with E-state index in [1.165, 1.54) is 0 Å². The number of hydrogen-bond acceptors (Lipinski definition) is 5. The van der Waals surface area contributed by atoms with Gasteiger partial charge in [-0.05, 0) is 37.3 Å². The second-order valence-electron chi connectivity index (χ2n) is 6.27. The van der Waals surface area contributed by atoms with Gasteiger partial charge < -0.3 is 4.74 Å². The van der Waals surface area contributed by atoms with Gasteiger partial charge in [0.05, 0.1) is 17.5 Å². The second kappa shape index (κ2) is 7.67. The minimum Gasteiger partial charge on any atom is -0.457 e. The number of carbonyl (C=O) groups excluding carboxylic acids is 4. The highest BCUT2D eigenvalue weighted by Crippen LogP contribution is 2.24. The number of ether oxygens (including phenoxy) is 1. The van der Waals surface area contributed by atoms with Gasteiger partial charge in [0, 0.05) is 12.1 Å². The molecule has 0 aromatic heterocycles. The summed E-state index contributed by atoms with van der Waals surface area (Å²) in [6.07, 6.45) is -0.296. The highest BCUT2D eigenvalue weighted by molar-refractivity contribution is 6.21. The van der Waals surface area contributed by atoms with Gasteiger partial charge in [-0.15, -0.1) is 0 Å². The highest BCUT2D eigenvalue weighted by Gasteiger charge is 2.35. The lowest BCUT2D eigenvalue weighted by Gasteiger charge is -2.13. The zero-order chi connectivity index (χ0) is 20.4. The number of rotatable bonds is 6. The lowest BCUT2D eigenvalue weighted by Crippen LogP contribution is -2.32. The topological polar surface area (TPSA) is 80.8 Å². The standard InChI is InChI=1S/C20H15F2NO5/c1-11-2-4-13-14(8-11)20(27)23(19(13)26)7-6-18(25)28-10-17(24)12-3-5-15(21)16(22)9-12/h2-5,8-9H,6-7,10H2,1H3. The van der Waals surface area contributed by atoms with Crippen LogP contribution in [0.15, 0.2) is 36.4 Å². The molecule has 0 bridgehead atoms. The molecule has 1 aliphatic rings. The third-order valence-electron chi connectivity index (χ3n) is 4.27. The number of halogens is 2. The van der Waals surface area contributed by atoms with Crippen molar-refractivity contribution in [3.05, 3.63) is 70.3 Å². The van der Waals surface area contributed by atoms with Gasteiger partial charge in [0.15, 0.2) is 24.0 Å². The quantitative estimate of drug-likeness (QED) is 0.433. The maximum atomic E-state index is 13.1. The Kier molecular flexibility index (Phi) is 5.30. The number of Topliss-reactive ketones (excluding diaryl/α,β-unsaturated/α-hetero) is 1. The number of aryl methyl sites for hydroxylation is 1. The largest absolute Gasteiger partial charge is 0.457 e. The third-order valence-corrected chi connectivity index (χ3v) is 4.27. The van der Waals surface area contributed by atoms with Gasteiger partial charge in [-0.1, -0.05) is 11.6 Å². The summed E-state index contributed by atoms with van der Waals surface area (Å²) in [5.74, 6) is -4.77. The lowest BCUT2D eigenvalue weighted by atomic mass is 10.1. The third kappa shape index (κ3) is 3.80. The summed E-state index contributed by atoms with van der Waals surface area (Å²) in [5.41, 5.74) is 1.25. The Morgan fingerprint density at radius 1 is 0.964 bits per heavy atom. The van der Waals surface area contributed by atoms with Crippen LogP contribution in [-0.4, -0.2) is 41.6 Å². The Hall–Kier alpha value is -3.42. The zero-order valence-electron chi connectivity index (χ0n) is 14.8. The Bertz CT molecular complexity index is 1000. The van der Waals surface area contributed by atoms with Crippen LogP contribution in [0.1, 0.15) is 43.1 Å². The molecular formula is C20H15F2NO5. The van der Waals surface area contributed by atoms with Crippen molar-refractivity contribution in [3.8, 4) is 0 Å². The lowest BCUT2D eigenvalue weighted by molar-refractivity contribution is -0.142. The molecule has 0 saturated carbocycles. The first-order chi connectivity index (χ1) is 13.3. The fraction of sp³-hybridized carbons (Fsp3) is 0.200. The molecule has 0 atom stereocenters. The van der Waals surface area contributed by atoms with Crippen molar-refractivity contribution in [2.24, 2.45) is 0 Å². The van der Waals surface area contributed by atoms with Gasteiger partial charge in [0.1, 0.15) is 0 Å². The summed E-state index contributed by atoms with van der Waals surface area (Å²) in [6, 6.07) is 7.47. The Labute approximate surface area is 158 Å². The van der Waals surface area contributed by atoms with Crippen LogP contribution in [-0.2, 0) is 9.53 Å². The first-order valence-corrected chi connectivity index (χ1v) is 8.38. The Morgan fingerprint density at radius 2 is 1.68 bits per heavy atom. The van der Waals surface area contributed by atoms with Crippen molar-refractivity contribution in [3.63, 3.8) is 0 Å². The molecule has 0 fully saturated rings. The van der Waals surface area contributed by atoms with E-state index >= 15 is 0 Å². The fourth-order valence-electron chi connectivity index (χ4n) is 2.78. The van der Waals surface area contributed by atoms with Crippen LogP contribution >= 0.6 is 0 Å². The van der Waals surface area contributed by atoms with Crippen LogP contribution in [0.5, 0.6) is 0 Å². The number of imide groups is 1. The average Bonchev–Trinajstić information content (AvgIpc) is 2.90. The second-order valence-corrected chi connectivity index (χ2v) is 6.27. The summed E-state index contributed by atoms with van der Waals surface area (Å²) < 4.78 is 30.8. The van der Waals surface area contributed by atoms with Crippen LogP contribution in [0.3, 0.4) is 0 Å². The molecule has 0 saturated heterocycles. The molecule has 0 unspecified atom stereocenters. The fourth-order valence-corrected chi connectivity index (χ4v) is 2.78. The summed E-state index contributed by atoms with van der Waals surface area (Å²) in [7, 11) is 0. The molecule has 1 heterocycles. The first kappa shape index (κ1) is 19.3. The van der Waals surface area contributed by atoms with E-state index < -0.39 is 41.8 Å². The van der Waals surface area contributed by atoms with Crippen LogP contribution in [0.2, 0.25) is 0 Å². The predicted octanol–water partition coefficient (Wildman–Crippen LogP) is 2.69. The summed E-state index contributed by atoms with van der Waals surface area (Å²) in [5, 5.41) is 0. The number of nitrogens with zero attached hydrogens (tertiary/aromatic N) is 1. The van der Waals surface area contributed by atoms with Crippen molar-refractivity contribution < 1.29 is 32.7 Å². The molecule has 2 aromatic carbocycles. The van der Waals surface area contributed by atoms with Crippen molar-refractivity contribution in [2.75, 3.05) is 13.2 Å². The van der Waals surface area contributed by atoms with Crippen molar-refractivity contribution in [2.45, 2.75) is 13.3 Å². The van der Waals surface area contributed by atoms with Crippen LogP contribution in [0.4, 0.5) is 8.78 Å². The maximum absolute atomic E-state index is 13.1. The molecule has 2 aromatic rings. The van der Waals surface area contributed by atoms with Gasteiger partial charge >= 0.3 is 5.97 Å². The molecule has 6 nitrogen and oxygen atoms in total. The molecule has 144 valence electrons. The molecule has 1 aliphatic heterocycles. The molecular weight excluding hydrogens is 372 g/mol. The first-order valence-electron chi connectivity index (χ1n) is 8.38. The van der Waals surface area contributed by atoms with Gasteiger partial charge in [-0.3, -0.25) is 24.1 Å². The number of amides is 2. The number of benzene rings is 2. The molecule has 0 spiro atoms. The van der Waals surface area contributed by atoms with Crippen molar-refractivity contribution in [1.82, 2.24) is 4.90 Å². The summed E-state index contributed by atoms with van der Waals surface area (Å²) in [6.45, 7) is 0.941. The van der Waals surface area contributed by atoms with Crippen LogP contribution in [0, 0.1) is 18.6 Å². The van der Waals surface area contributed by atoms with E-state index in [4.69, 9.17) is 4.74 Å². The van der Waals surface area contributed by atoms with Crippen molar-refractivity contribution >= 4 is 23.6 Å². The Morgan fingerprint density at radius 3 is 2.39 bits per heavy atom. The maximum Gasteiger partial charge on any atom is 0.308 e. The number of carbonyl (C=O) groups is 4. The number of hydrogen-bond donors (Lipinski definition) is 0. The van der Waals surface area contributed by atoms with Gasteiger partial charge in [0.2, 0.25) is 0 Å². The molecule has 2 amide bonds. The van der Waals surface area contributed by atoms with Gasteiger partial charge in [-0.2, -0.15) is 0 Å². The van der Waals surface area contributed by atoms with E-state index in [1.54, 1.807) is 25.1 Å². The van der Waals surface area contributed by atoms with E-state index in [0.717, 1.165) is 22.6 Å². The van der Waals surface area contributed by atoms with Crippen LogP contribution in [0.25, 0.3) is 0 Å². The van der Waals surface area contributed by atoms with E-state index in [9.17, 15) is 28.0 Å². The normalized spacial score (nSPS) is 12.9. The van der Waals surface area contributed by atoms with E-state index in [0.29, 0.717) is 6.07 Å². The van der Waals surface area contributed by atoms with Gasteiger partial charge in [-0.25, -0.2) is 8.78 Å². The summed E-state index contributed by atoms with van der Waals surface area (Å²) in [4.78, 5) is 49.2. The minimum atomic E-state index is -1.18. The number of ketones is 1. The smallest absolute Gasteiger partial charge is 0.308 e. The Balaban J connectivity index is 1.53. The van der Waals surface area contributed by atoms with E-state index in [1.807, 2.05) is 0 Å². The molecule has 8 heteroatoms. The molecule has 0 N–H and O–H groups in total. The molecule has 28 heavy (non-hydrogen) atoms. The molecule has 0 radical (unpaired) electrons. The van der Waals surface area contributed by atoms with Crippen molar-refractivity contribution in [1.29, 1.82) is 0 Å². The number of esters is 1. The monoisotopic (exact) mass is 387 g/mol. The van der Waals surface area contributed by atoms with Gasteiger partial charge in [0.25, 0.3) is 11.8 Å². The predicted molar refractivity (Wildman–Crippen MR) is 92.8 cm³/mol. The molecule has 0 aliphatic carbocycles. The SMILES string of the molecule is Cc1ccc2c(c1)C(=O)N(CCC(=O)OCC(=O)c1ccc(F)c(F)c1)C2=O. The van der Waals surface area contributed by atoms with E-state index in [-0.39, 0.29) is 29.7 Å². The average molecular weight is 387 g/mol. The zero-order valence-corrected chi connectivity index (χ0v) is 14.8. The minimum absolute atomic E-state index is 0.137. The number of fused-ring (bicyclic) bond motifs is 1. The van der Waals surface area contributed by atoms with E-state index in [2.05, 4.69) is 0 Å². The highest BCUT2D eigenvalue weighted by atomic mass is 19.2. The summed E-state index contributed by atoms with van der Waals surface area (Å²) >= 11 is 0. The van der Waals surface area contributed by atoms with Crippen LogP contribution < -0.4 is 0 Å².